The van der Waals surface area contributed by atoms with Gasteiger partial charge < -0.3 is 4.90 Å². The summed E-state index contributed by atoms with van der Waals surface area (Å²) in [5.41, 5.74) is 0.506. The summed E-state index contributed by atoms with van der Waals surface area (Å²) < 4.78 is 0. The van der Waals surface area contributed by atoms with Gasteiger partial charge in [-0.3, -0.25) is 4.79 Å². The van der Waals surface area contributed by atoms with Crippen LogP contribution in [0.4, 0.5) is 0 Å². The first kappa shape index (κ1) is 8.09. The van der Waals surface area contributed by atoms with Crippen LogP contribution in [0.5, 0.6) is 0 Å². The van der Waals surface area contributed by atoms with Gasteiger partial charge in [-0.2, -0.15) is 0 Å². The third-order valence-electron chi connectivity index (χ3n) is 3.63. The van der Waals surface area contributed by atoms with Gasteiger partial charge >= 0.3 is 0 Å². The zero-order valence-electron chi connectivity index (χ0n) is 7.81. The predicted molar refractivity (Wildman–Crippen MR) is 47.8 cm³/mol. The van der Waals surface area contributed by atoms with Crippen molar-refractivity contribution in [2.24, 2.45) is 5.41 Å². The molecule has 2 heterocycles. The fourth-order valence-electron chi connectivity index (χ4n) is 2.62. The molecule has 0 aromatic heterocycles. The van der Waals surface area contributed by atoms with Gasteiger partial charge in [0.2, 0.25) is 5.91 Å². The summed E-state index contributed by atoms with van der Waals surface area (Å²) in [6.07, 6.45) is 5.75. The highest BCUT2D eigenvalue weighted by molar-refractivity contribution is 5.77. The van der Waals surface area contributed by atoms with Gasteiger partial charge in [0, 0.05) is 19.5 Å². The van der Waals surface area contributed by atoms with Crippen LogP contribution in [0.3, 0.4) is 0 Å². The summed E-state index contributed by atoms with van der Waals surface area (Å²) in [7, 11) is 0. The monoisotopic (exact) mass is 167 g/mol. The number of fused-ring (bicyclic) bond motifs is 2. The van der Waals surface area contributed by atoms with E-state index in [0.29, 0.717) is 11.3 Å². The maximum atomic E-state index is 11.4. The Kier molecular flexibility index (Phi) is 1.85. The minimum absolute atomic E-state index is 0.388. The third-order valence-corrected chi connectivity index (χ3v) is 3.63. The molecule has 0 spiro atoms. The van der Waals surface area contributed by atoms with Crippen LogP contribution in [-0.2, 0) is 4.79 Å². The summed E-state index contributed by atoms with van der Waals surface area (Å²) in [6, 6.07) is 0. The normalized spacial score (nSPS) is 35.4. The highest BCUT2D eigenvalue weighted by atomic mass is 16.2. The van der Waals surface area contributed by atoms with Crippen LogP contribution >= 0.6 is 0 Å². The number of rotatable bonds is 1. The summed E-state index contributed by atoms with van der Waals surface area (Å²) in [6.45, 7) is 4.32. The van der Waals surface area contributed by atoms with E-state index in [9.17, 15) is 4.79 Å². The van der Waals surface area contributed by atoms with Gasteiger partial charge in [0.05, 0.1) is 0 Å². The van der Waals surface area contributed by atoms with E-state index >= 15 is 0 Å². The number of hydrogen-bond donors (Lipinski definition) is 0. The number of amides is 1. The summed E-state index contributed by atoms with van der Waals surface area (Å²) in [5, 5.41) is 0. The van der Waals surface area contributed by atoms with E-state index in [4.69, 9.17) is 0 Å². The highest BCUT2D eigenvalue weighted by Crippen LogP contribution is 2.41. The second-order valence-electron chi connectivity index (χ2n) is 4.27. The zero-order chi connectivity index (χ0) is 8.60. The Balaban J connectivity index is 2.14. The van der Waals surface area contributed by atoms with Crippen LogP contribution in [0.25, 0.3) is 0 Å². The van der Waals surface area contributed by atoms with Crippen molar-refractivity contribution < 1.29 is 4.79 Å². The van der Waals surface area contributed by atoms with Crippen LogP contribution in [0.2, 0.25) is 0 Å². The zero-order valence-corrected chi connectivity index (χ0v) is 7.81. The first-order valence-corrected chi connectivity index (χ1v) is 5.04. The lowest BCUT2D eigenvalue weighted by Crippen LogP contribution is -2.50. The van der Waals surface area contributed by atoms with E-state index in [1.807, 2.05) is 0 Å². The molecule has 68 valence electrons. The molecule has 2 heteroatoms. The van der Waals surface area contributed by atoms with Crippen molar-refractivity contribution in [3.05, 3.63) is 0 Å². The van der Waals surface area contributed by atoms with Crippen molar-refractivity contribution in [3.8, 4) is 0 Å². The first-order chi connectivity index (χ1) is 5.76. The molecule has 1 atom stereocenters. The van der Waals surface area contributed by atoms with Crippen LogP contribution in [0, 0.1) is 5.41 Å². The smallest absolute Gasteiger partial charge is 0.222 e. The van der Waals surface area contributed by atoms with Crippen LogP contribution in [-0.4, -0.2) is 23.9 Å². The van der Waals surface area contributed by atoms with Crippen molar-refractivity contribution in [2.75, 3.05) is 13.1 Å². The highest BCUT2D eigenvalue weighted by Gasteiger charge is 2.39. The van der Waals surface area contributed by atoms with E-state index in [1.54, 1.807) is 0 Å². The average molecular weight is 167 g/mol. The quantitative estimate of drug-likeness (QED) is 0.583. The van der Waals surface area contributed by atoms with Crippen molar-refractivity contribution in [1.29, 1.82) is 0 Å². The molecule has 2 bridgehead atoms. The second kappa shape index (κ2) is 2.75. The second-order valence-corrected chi connectivity index (χ2v) is 4.27. The summed E-state index contributed by atoms with van der Waals surface area (Å²) >= 11 is 0. The Morgan fingerprint density at radius 3 is 3.08 bits per heavy atom. The number of carbonyl (C=O) groups is 1. The van der Waals surface area contributed by atoms with Gasteiger partial charge in [-0.25, -0.2) is 0 Å². The SMILES string of the molecule is CC[C@]12CCCN(C1)C(=O)CC2. The van der Waals surface area contributed by atoms with Gasteiger partial charge in [0.15, 0.2) is 0 Å². The van der Waals surface area contributed by atoms with E-state index in [0.717, 1.165) is 25.9 Å². The summed E-state index contributed by atoms with van der Waals surface area (Å²) in [5.74, 6) is 0.388. The molecular formula is C10H17NO. The van der Waals surface area contributed by atoms with Crippen molar-refractivity contribution >= 4 is 5.91 Å². The molecule has 2 aliphatic heterocycles. The molecule has 0 N–H and O–H groups in total. The molecular weight excluding hydrogens is 150 g/mol. The van der Waals surface area contributed by atoms with Crippen LogP contribution in [0.15, 0.2) is 0 Å². The fourth-order valence-corrected chi connectivity index (χ4v) is 2.62. The molecule has 12 heavy (non-hydrogen) atoms. The Morgan fingerprint density at radius 2 is 2.33 bits per heavy atom. The number of nitrogens with zero attached hydrogens (tertiary/aromatic N) is 1. The first-order valence-electron chi connectivity index (χ1n) is 5.04. The number of piperidine rings is 2. The third kappa shape index (κ3) is 1.13. The van der Waals surface area contributed by atoms with Crippen LogP contribution in [0.1, 0.15) is 39.0 Å². The molecule has 0 unspecified atom stereocenters. The van der Waals surface area contributed by atoms with Crippen molar-refractivity contribution in [1.82, 2.24) is 4.90 Å². The maximum absolute atomic E-state index is 11.4. The number of carbonyl (C=O) groups excluding carboxylic acids is 1. The summed E-state index contributed by atoms with van der Waals surface area (Å²) in [4.78, 5) is 13.5. The van der Waals surface area contributed by atoms with Crippen molar-refractivity contribution in [3.63, 3.8) is 0 Å². The van der Waals surface area contributed by atoms with Gasteiger partial charge in [-0.15, -0.1) is 0 Å². The molecule has 2 saturated heterocycles. The van der Waals surface area contributed by atoms with E-state index in [2.05, 4.69) is 11.8 Å². The lowest BCUT2D eigenvalue weighted by Gasteiger charge is -2.46. The van der Waals surface area contributed by atoms with Crippen molar-refractivity contribution in [2.45, 2.75) is 39.0 Å². The standard InChI is InChI=1S/C10H17NO/c1-2-10-5-3-7-11(8-10)9(12)4-6-10/h2-8H2,1H3/t10-/m1/s1. The molecule has 0 aliphatic carbocycles. The van der Waals surface area contributed by atoms with Gasteiger partial charge in [0.25, 0.3) is 0 Å². The van der Waals surface area contributed by atoms with Gasteiger partial charge in [-0.05, 0) is 31.1 Å². The maximum Gasteiger partial charge on any atom is 0.222 e. The molecule has 1 amide bonds. The Labute approximate surface area is 73.9 Å². The Morgan fingerprint density at radius 1 is 1.50 bits per heavy atom. The minimum atomic E-state index is 0.388. The number of hydrogen-bond acceptors (Lipinski definition) is 1. The van der Waals surface area contributed by atoms with E-state index in [-0.39, 0.29) is 0 Å². The largest absolute Gasteiger partial charge is 0.342 e. The minimum Gasteiger partial charge on any atom is -0.342 e. The van der Waals surface area contributed by atoms with E-state index in [1.165, 1.54) is 19.3 Å². The lowest BCUT2D eigenvalue weighted by molar-refractivity contribution is -0.140. The molecule has 0 saturated carbocycles. The average Bonchev–Trinajstić information content (AvgIpc) is 2.13. The van der Waals surface area contributed by atoms with Crippen LogP contribution < -0.4 is 0 Å². The van der Waals surface area contributed by atoms with E-state index < -0.39 is 0 Å². The predicted octanol–water partition coefficient (Wildman–Crippen LogP) is 1.80. The molecule has 2 rings (SSSR count). The molecule has 2 nitrogen and oxygen atoms in total. The molecule has 2 aliphatic rings. The topological polar surface area (TPSA) is 20.3 Å². The molecule has 2 fully saturated rings. The molecule has 0 aromatic rings. The Hall–Kier alpha value is -0.530. The fraction of sp³-hybridized carbons (Fsp3) is 0.900. The van der Waals surface area contributed by atoms with Gasteiger partial charge in [0.1, 0.15) is 0 Å². The lowest BCUT2D eigenvalue weighted by atomic mass is 9.72. The van der Waals surface area contributed by atoms with Gasteiger partial charge in [-0.1, -0.05) is 6.92 Å². The Bertz CT molecular complexity index is 202. The molecule has 0 aromatic carbocycles. The molecule has 0 radical (unpaired) electrons.